The third-order valence-electron chi connectivity index (χ3n) is 3.02. The van der Waals surface area contributed by atoms with Crippen LogP contribution in [0.2, 0.25) is 0 Å². The lowest BCUT2D eigenvalue weighted by atomic mass is 10.1. The minimum Gasteiger partial charge on any atom is -0.476 e. The molecule has 8 nitrogen and oxygen atoms in total. The number of rotatable bonds is 4. The summed E-state index contributed by atoms with van der Waals surface area (Å²) in [7, 11) is 0. The molecule has 8 heteroatoms. The Morgan fingerprint density at radius 1 is 1.48 bits per heavy atom. The molecule has 0 aliphatic rings. The largest absolute Gasteiger partial charge is 0.476 e. The van der Waals surface area contributed by atoms with Gasteiger partial charge in [0.25, 0.3) is 0 Å². The van der Waals surface area contributed by atoms with Crippen molar-refractivity contribution in [2.24, 2.45) is 0 Å². The molecule has 0 aromatic carbocycles. The van der Waals surface area contributed by atoms with Crippen LogP contribution in [0, 0.1) is 6.92 Å². The Hall–Kier alpha value is -3.03. The number of hydrogen-bond donors (Lipinski definition) is 1. The molecule has 3 heterocycles. The normalized spacial score (nSPS) is 10.7. The van der Waals surface area contributed by atoms with E-state index in [1.165, 1.54) is 11.1 Å². The number of aromatic carboxylic acids is 1. The zero-order valence-electron chi connectivity index (χ0n) is 11.1. The number of aryl methyl sites for hydroxylation is 1. The lowest BCUT2D eigenvalue weighted by Gasteiger charge is -2.05. The first kappa shape index (κ1) is 13.0. The molecule has 0 saturated carbocycles. The second-order valence-electron chi connectivity index (χ2n) is 4.35. The van der Waals surface area contributed by atoms with Gasteiger partial charge in [0.15, 0.2) is 12.1 Å². The smallest absolute Gasteiger partial charge is 0.358 e. The fourth-order valence-electron chi connectivity index (χ4n) is 1.98. The summed E-state index contributed by atoms with van der Waals surface area (Å²) in [5, 5.41) is 16.9. The van der Waals surface area contributed by atoms with E-state index in [0.717, 1.165) is 0 Å². The van der Waals surface area contributed by atoms with Gasteiger partial charge in [0.1, 0.15) is 17.1 Å². The van der Waals surface area contributed by atoms with Gasteiger partial charge in [-0.15, -0.1) is 5.10 Å². The third kappa shape index (κ3) is 2.38. The first-order valence-corrected chi connectivity index (χ1v) is 6.13. The van der Waals surface area contributed by atoms with E-state index in [4.69, 9.17) is 4.42 Å². The van der Waals surface area contributed by atoms with Crippen LogP contribution in [-0.4, -0.2) is 36.0 Å². The average molecular weight is 285 g/mol. The number of oxazole rings is 1. The van der Waals surface area contributed by atoms with Crippen LogP contribution >= 0.6 is 0 Å². The van der Waals surface area contributed by atoms with Crippen LogP contribution < -0.4 is 0 Å². The number of hydrogen-bond acceptors (Lipinski definition) is 6. The van der Waals surface area contributed by atoms with E-state index in [0.29, 0.717) is 22.7 Å². The fraction of sp³-hybridized carbons (Fsp3) is 0.154. The maximum absolute atomic E-state index is 11.3. The summed E-state index contributed by atoms with van der Waals surface area (Å²) < 4.78 is 6.61. The van der Waals surface area contributed by atoms with E-state index < -0.39 is 5.97 Å². The predicted octanol–water partition coefficient (Wildman–Crippen LogP) is 1.38. The average Bonchev–Trinajstić information content (AvgIpc) is 3.07. The van der Waals surface area contributed by atoms with Crippen molar-refractivity contribution >= 4 is 5.97 Å². The van der Waals surface area contributed by atoms with Gasteiger partial charge in [0, 0.05) is 18.0 Å². The Morgan fingerprint density at radius 2 is 2.33 bits per heavy atom. The molecule has 0 unspecified atom stereocenters. The Labute approximate surface area is 119 Å². The van der Waals surface area contributed by atoms with Gasteiger partial charge in [-0.2, -0.15) is 0 Å². The molecule has 3 aromatic heterocycles. The Kier molecular flexibility index (Phi) is 3.19. The summed E-state index contributed by atoms with van der Waals surface area (Å²) >= 11 is 0. The van der Waals surface area contributed by atoms with Crippen LogP contribution in [0.3, 0.4) is 0 Å². The molecule has 0 bridgehead atoms. The third-order valence-corrected chi connectivity index (χ3v) is 3.02. The number of carboxylic acid groups (broad SMARTS) is 1. The molecule has 3 rings (SSSR count). The van der Waals surface area contributed by atoms with E-state index >= 15 is 0 Å². The molecular weight excluding hydrogens is 274 g/mol. The number of carboxylic acids is 1. The van der Waals surface area contributed by atoms with Gasteiger partial charge in [0.2, 0.25) is 0 Å². The number of aromatic nitrogens is 5. The second kappa shape index (κ2) is 5.16. The summed E-state index contributed by atoms with van der Waals surface area (Å²) in [6.07, 6.45) is 4.51. The minimum absolute atomic E-state index is 0.121. The molecule has 0 fully saturated rings. The summed E-state index contributed by atoms with van der Waals surface area (Å²) in [5.41, 5.74) is 1.56. The minimum atomic E-state index is -1.14. The Bertz CT molecular complexity index is 778. The summed E-state index contributed by atoms with van der Waals surface area (Å²) in [6, 6.07) is 3.48. The van der Waals surface area contributed by atoms with E-state index in [9.17, 15) is 9.90 Å². The van der Waals surface area contributed by atoms with Crippen LogP contribution in [0.4, 0.5) is 0 Å². The van der Waals surface area contributed by atoms with E-state index in [-0.39, 0.29) is 12.2 Å². The summed E-state index contributed by atoms with van der Waals surface area (Å²) in [5.74, 6) is -0.489. The number of nitrogens with zero attached hydrogens (tertiary/aromatic N) is 5. The maximum Gasteiger partial charge on any atom is 0.358 e. The highest BCUT2D eigenvalue weighted by Gasteiger charge is 2.21. The summed E-state index contributed by atoms with van der Waals surface area (Å²) in [6.45, 7) is 2.05. The van der Waals surface area contributed by atoms with Crippen molar-refractivity contribution in [3.8, 4) is 11.3 Å². The molecule has 0 saturated heterocycles. The molecule has 0 aliphatic carbocycles. The Balaban J connectivity index is 2.09. The predicted molar refractivity (Wildman–Crippen MR) is 70.6 cm³/mol. The highest BCUT2D eigenvalue weighted by atomic mass is 16.4. The van der Waals surface area contributed by atoms with E-state index in [1.54, 1.807) is 31.5 Å². The molecule has 3 aromatic rings. The second-order valence-corrected chi connectivity index (χ2v) is 4.35. The van der Waals surface area contributed by atoms with Crippen molar-refractivity contribution in [3.63, 3.8) is 0 Å². The van der Waals surface area contributed by atoms with E-state index in [2.05, 4.69) is 20.3 Å². The van der Waals surface area contributed by atoms with Gasteiger partial charge in [-0.1, -0.05) is 5.21 Å². The van der Waals surface area contributed by atoms with Gasteiger partial charge in [-0.25, -0.2) is 14.5 Å². The molecule has 0 amide bonds. The van der Waals surface area contributed by atoms with Crippen LogP contribution in [0.25, 0.3) is 11.3 Å². The van der Waals surface area contributed by atoms with Crippen molar-refractivity contribution in [1.82, 2.24) is 25.0 Å². The van der Waals surface area contributed by atoms with Crippen molar-refractivity contribution in [2.45, 2.75) is 13.5 Å². The SMILES string of the molecule is Cc1ocnc1Cn1nnc(C(=O)O)c1-c1cccnc1. The van der Waals surface area contributed by atoms with Crippen molar-refractivity contribution in [2.75, 3.05) is 0 Å². The maximum atomic E-state index is 11.3. The van der Waals surface area contributed by atoms with Gasteiger partial charge in [0.05, 0.1) is 6.54 Å². The molecule has 1 N–H and O–H groups in total. The standard InChI is InChI=1S/C13H11N5O3/c1-8-10(15-7-21-8)6-18-12(9-3-2-4-14-5-9)11(13(19)20)16-17-18/h2-5,7H,6H2,1H3,(H,19,20). The topological polar surface area (TPSA) is 107 Å². The van der Waals surface area contributed by atoms with Crippen LogP contribution in [0.1, 0.15) is 21.9 Å². The number of pyridine rings is 1. The molecule has 0 spiro atoms. The molecule has 0 atom stereocenters. The fourth-order valence-corrected chi connectivity index (χ4v) is 1.98. The molecule has 106 valence electrons. The lowest BCUT2D eigenvalue weighted by Crippen LogP contribution is -2.07. The van der Waals surface area contributed by atoms with Crippen molar-refractivity contribution in [1.29, 1.82) is 0 Å². The number of carbonyl (C=O) groups is 1. The van der Waals surface area contributed by atoms with E-state index in [1.807, 2.05) is 0 Å². The quantitative estimate of drug-likeness (QED) is 0.771. The summed E-state index contributed by atoms with van der Waals surface area (Å²) in [4.78, 5) is 19.4. The van der Waals surface area contributed by atoms with Crippen LogP contribution in [-0.2, 0) is 6.54 Å². The lowest BCUT2D eigenvalue weighted by molar-refractivity contribution is 0.0691. The Morgan fingerprint density at radius 3 is 2.95 bits per heavy atom. The molecule has 0 aliphatic heterocycles. The molecule has 21 heavy (non-hydrogen) atoms. The van der Waals surface area contributed by atoms with Crippen molar-refractivity contribution < 1.29 is 14.3 Å². The highest BCUT2D eigenvalue weighted by Crippen LogP contribution is 2.22. The van der Waals surface area contributed by atoms with Gasteiger partial charge < -0.3 is 9.52 Å². The molecular formula is C13H11N5O3. The zero-order chi connectivity index (χ0) is 14.8. The highest BCUT2D eigenvalue weighted by molar-refractivity contribution is 5.92. The van der Waals surface area contributed by atoms with Gasteiger partial charge >= 0.3 is 5.97 Å². The van der Waals surface area contributed by atoms with Gasteiger partial charge in [-0.3, -0.25) is 4.98 Å². The van der Waals surface area contributed by atoms with Crippen LogP contribution in [0.5, 0.6) is 0 Å². The first-order chi connectivity index (χ1) is 10.2. The zero-order valence-corrected chi connectivity index (χ0v) is 11.1. The first-order valence-electron chi connectivity index (χ1n) is 6.13. The van der Waals surface area contributed by atoms with Crippen LogP contribution in [0.15, 0.2) is 35.3 Å². The molecule has 0 radical (unpaired) electrons. The monoisotopic (exact) mass is 285 g/mol. The van der Waals surface area contributed by atoms with Crippen molar-refractivity contribution in [3.05, 3.63) is 48.1 Å². The van der Waals surface area contributed by atoms with Gasteiger partial charge in [-0.05, 0) is 19.1 Å².